The number of nitrogens with one attached hydrogen (secondary N) is 1. The Morgan fingerprint density at radius 3 is 3.04 bits per heavy atom. The minimum atomic E-state index is -0.339. The van der Waals surface area contributed by atoms with Crippen LogP contribution in [0.15, 0.2) is 24.4 Å². The summed E-state index contributed by atoms with van der Waals surface area (Å²) in [4.78, 5) is 11.8. The van der Waals surface area contributed by atoms with Crippen LogP contribution in [0.25, 0.3) is 10.9 Å². The second-order valence-corrected chi connectivity index (χ2v) is 6.00. The first kappa shape index (κ1) is 15.8. The lowest BCUT2D eigenvalue weighted by atomic mass is 10.1. The molecule has 1 fully saturated rings. The Bertz CT molecular complexity index is 679. The Hall–Kier alpha value is -2.08. The highest BCUT2D eigenvalue weighted by molar-refractivity contribution is 5.79. The zero-order chi connectivity index (χ0) is 16.2. The summed E-state index contributed by atoms with van der Waals surface area (Å²) >= 11 is 0. The molecule has 6 nitrogen and oxygen atoms in total. The second kappa shape index (κ2) is 7.00. The van der Waals surface area contributed by atoms with E-state index in [9.17, 15) is 4.79 Å². The number of hydrogen-bond donors (Lipinski definition) is 1. The summed E-state index contributed by atoms with van der Waals surface area (Å²) in [6.07, 6.45) is 4.52. The van der Waals surface area contributed by atoms with Gasteiger partial charge in [0, 0.05) is 25.6 Å². The van der Waals surface area contributed by atoms with Crippen molar-refractivity contribution in [3.05, 3.63) is 30.0 Å². The SMILES string of the molecule is COCCCn1ncc2ccc(C(C)NC(=O)OC3CC3)cc21. The maximum absolute atomic E-state index is 11.8. The van der Waals surface area contributed by atoms with Crippen LogP contribution in [0.3, 0.4) is 0 Å². The molecule has 0 radical (unpaired) electrons. The Morgan fingerprint density at radius 2 is 2.30 bits per heavy atom. The van der Waals surface area contributed by atoms with Gasteiger partial charge in [0.25, 0.3) is 0 Å². The van der Waals surface area contributed by atoms with Crippen molar-refractivity contribution in [1.29, 1.82) is 0 Å². The summed E-state index contributed by atoms with van der Waals surface area (Å²) in [5.41, 5.74) is 2.11. The van der Waals surface area contributed by atoms with Gasteiger partial charge in [-0.05, 0) is 37.8 Å². The van der Waals surface area contributed by atoms with Crippen molar-refractivity contribution < 1.29 is 14.3 Å². The summed E-state index contributed by atoms with van der Waals surface area (Å²) in [7, 11) is 1.70. The van der Waals surface area contributed by atoms with Gasteiger partial charge in [0.1, 0.15) is 6.10 Å². The number of rotatable bonds is 7. The smallest absolute Gasteiger partial charge is 0.407 e. The van der Waals surface area contributed by atoms with Crippen molar-refractivity contribution in [3.8, 4) is 0 Å². The number of ether oxygens (including phenoxy) is 2. The molecule has 1 aliphatic rings. The predicted octanol–water partition coefficient (Wildman–Crippen LogP) is 3.02. The number of aryl methyl sites for hydroxylation is 1. The lowest BCUT2D eigenvalue weighted by Crippen LogP contribution is -2.28. The predicted molar refractivity (Wildman–Crippen MR) is 87.3 cm³/mol. The number of aromatic nitrogens is 2. The first-order chi connectivity index (χ1) is 11.2. The summed E-state index contributed by atoms with van der Waals surface area (Å²) in [5.74, 6) is 0. The molecule has 1 saturated carbocycles. The molecular formula is C17H23N3O3. The van der Waals surface area contributed by atoms with Gasteiger partial charge in [0.15, 0.2) is 0 Å². The number of nitrogens with zero attached hydrogens (tertiary/aromatic N) is 2. The average molecular weight is 317 g/mol. The van der Waals surface area contributed by atoms with Crippen LogP contribution in [0.5, 0.6) is 0 Å². The molecular weight excluding hydrogens is 294 g/mol. The second-order valence-electron chi connectivity index (χ2n) is 6.00. The van der Waals surface area contributed by atoms with Gasteiger partial charge in [-0.25, -0.2) is 4.79 Å². The van der Waals surface area contributed by atoms with Gasteiger partial charge in [0.2, 0.25) is 0 Å². The zero-order valence-corrected chi connectivity index (χ0v) is 13.6. The number of hydrogen-bond acceptors (Lipinski definition) is 4. The average Bonchev–Trinajstić information content (AvgIpc) is 3.25. The molecule has 2 aromatic rings. The Balaban J connectivity index is 1.69. The minimum absolute atomic E-state index is 0.104. The number of benzene rings is 1. The fourth-order valence-electron chi connectivity index (χ4n) is 2.53. The van der Waals surface area contributed by atoms with Crippen LogP contribution in [0, 0.1) is 0 Å². The molecule has 3 rings (SSSR count). The van der Waals surface area contributed by atoms with Crippen molar-refractivity contribution in [2.75, 3.05) is 13.7 Å². The summed E-state index contributed by atoms with van der Waals surface area (Å²) in [6, 6.07) is 6.03. The molecule has 1 aliphatic carbocycles. The van der Waals surface area contributed by atoms with Crippen molar-refractivity contribution in [2.24, 2.45) is 0 Å². The first-order valence-electron chi connectivity index (χ1n) is 8.09. The van der Waals surface area contributed by atoms with Crippen molar-refractivity contribution >= 4 is 17.0 Å². The van der Waals surface area contributed by atoms with E-state index in [1.54, 1.807) is 7.11 Å². The van der Waals surface area contributed by atoms with Gasteiger partial charge < -0.3 is 14.8 Å². The molecule has 1 heterocycles. The fourth-order valence-corrected chi connectivity index (χ4v) is 2.53. The van der Waals surface area contributed by atoms with Crippen LogP contribution in [-0.2, 0) is 16.0 Å². The highest BCUT2D eigenvalue weighted by atomic mass is 16.6. The maximum atomic E-state index is 11.8. The summed E-state index contributed by atoms with van der Waals surface area (Å²) in [6.45, 7) is 3.49. The molecule has 0 saturated heterocycles. The molecule has 23 heavy (non-hydrogen) atoms. The standard InChI is InChI=1S/C17H23N3O3/c1-12(19-17(21)23-15-6-7-15)13-4-5-14-11-18-20(16(14)10-13)8-3-9-22-2/h4-5,10-12,15H,3,6-9H2,1-2H3,(H,19,21). The van der Waals surface area contributed by atoms with Crippen LogP contribution in [0.4, 0.5) is 4.79 Å². The van der Waals surface area contributed by atoms with E-state index in [2.05, 4.69) is 16.5 Å². The third-order valence-electron chi connectivity index (χ3n) is 4.02. The van der Waals surface area contributed by atoms with E-state index >= 15 is 0 Å². The molecule has 1 aromatic carbocycles. The molecule has 124 valence electrons. The lowest BCUT2D eigenvalue weighted by molar-refractivity contribution is 0.136. The summed E-state index contributed by atoms with van der Waals surface area (Å²) < 4.78 is 12.3. The third kappa shape index (κ3) is 4.01. The van der Waals surface area contributed by atoms with Crippen molar-refractivity contribution in [2.45, 2.75) is 44.9 Å². The molecule has 0 spiro atoms. The van der Waals surface area contributed by atoms with Crippen LogP contribution in [-0.4, -0.2) is 35.7 Å². The van der Waals surface area contributed by atoms with E-state index in [-0.39, 0.29) is 18.2 Å². The molecule has 1 unspecified atom stereocenters. The van der Waals surface area contributed by atoms with Crippen molar-refractivity contribution in [1.82, 2.24) is 15.1 Å². The normalized spacial score (nSPS) is 15.6. The zero-order valence-electron chi connectivity index (χ0n) is 13.6. The van der Waals surface area contributed by atoms with E-state index in [0.29, 0.717) is 6.61 Å². The molecule has 1 atom stereocenters. The highest BCUT2D eigenvalue weighted by Crippen LogP contribution is 2.24. The van der Waals surface area contributed by atoms with Crippen LogP contribution in [0.1, 0.15) is 37.8 Å². The Kier molecular flexibility index (Phi) is 4.81. The number of fused-ring (bicyclic) bond motifs is 1. The highest BCUT2D eigenvalue weighted by Gasteiger charge is 2.26. The van der Waals surface area contributed by atoms with Gasteiger partial charge in [-0.2, -0.15) is 5.10 Å². The van der Waals surface area contributed by atoms with Crippen molar-refractivity contribution in [3.63, 3.8) is 0 Å². The third-order valence-corrected chi connectivity index (χ3v) is 4.02. The Labute approximate surface area is 135 Å². The van der Waals surface area contributed by atoms with Gasteiger partial charge in [-0.3, -0.25) is 4.68 Å². The first-order valence-corrected chi connectivity index (χ1v) is 8.09. The summed E-state index contributed by atoms with van der Waals surface area (Å²) in [5, 5.41) is 8.41. The minimum Gasteiger partial charge on any atom is -0.446 e. The van der Waals surface area contributed by atoms with Gasteiger partial charge in [-0.15, -0.1) is 0 Å². The number of carbonyl (C=O) groups is 1. The lowest BCUT2D eigenvalue weighted by Gasteiger charge is -2.15. The van der Waals surface area contributed by atoms with E-state index in [1.807, 2.05) is 29.9 Å². The van der Waals surface area contributed by atoms with Gasteiger partial charge in [0.05, 0.1) is 17.8 Å². The van der Waals surface area contributed by atoms with Gasteiger partial charge >= 0.3 is 6.09 Å². The number of methoxy groups -OCH3 is 1. The molecule has 6 heteroatoms. The Morgan fingerprint density at radius 1 is 1.48 bits per heavy atom. The van der Waals surface area contributed by atoms with Crippen LogP contribution >= 0.6 is 0 Å². The molecule has 1 N–H and O–H groups in total. The van der Waals surface area contributed by atoms with Crippen LogP contribution in [0.2, 0.25) is 0 Å². The maximum Gasteiger partial charge on any atom is 0.407 e. The molecule has 1 amide bonds. The van der Waals surface area contributed by atoms with Gasteiger partial charge in [-0.1, -0.05) is 12.1 Å². The van der Waals surface area contributed by atoms with E-state index in [1.165, 1.54) is 0 Å². The van der Waals surface area contributed by atoms with E-state index < -0.39 is 0 Å². The van der Waals surface area contributed by atoms with E-state index in [0.717, 1.165) is 42.3 Å². The largest absolute Gasteiger partial charge is 0.446 e. The topological polar surface area (TPSA) is 65.4 Å². The molecule has 1 aromatic heterocycles. The van der Waals surface area contributed by atoms with E-state index in [4.69, 9.17) is 9.47 Å². The number of carbonyl (C=O) groups excluding carboxylic acids is 1. The number of amides is 1. The molecule has 0 aliphatic heterocycles. The fraction of sp³-hybridized carbons (Fsp3) is 0.529. The van der Waals surface area contributed by atoms with Crippen LogP contribution < -0.4 is 5.32 Å². The monoisotopic (exact) mass is 317 g/mol. The molecule has 0 bridgehead atoms. The quantitative estimate of drug-likeness (QED) is 0.797. The number of alkyl carbamates (subject to hydrolysis) is 1.